The highest BCUT2D eigenvalue weighted by Gasteiger charge is 2.25. The number of rotatable bonds is 3. The van der Waals surface area contributed by atoms with Crippen LogP contribution in [-0.4, -0.2) is 15.0 Å². The molecule has 0 fully saturated rings. The van der Waals surface area contributed by atoms with Crippen LogP contribution in [0.4, 0.5) is 8.78 Å². The molecule has 0 saturated heterocycles. The maximum atomic E-state index is 15.1. The van der Waals surface area contributed by atoms with Gasteiger partial charge < -0.3 is 0 Å². The van der Waals surface area contributed by atoms with Crippen molar-refractivity contribution in [2.75, 3.05) is 0 Å². The first-order valence-electron chi connectivity index (χ1n) is 8.02. The second-order valence-corrected chi connectivity index (χ2v) is 7.78. The van der Waals surface area contributed by atoms with Crippen LogP contribution in [0.25, 0.3) is 33.1 Å². The van der Waals surface area contributed by atoms with Gasteiger partial charge in [0.15, 0.2) is 5.13 Å². The summed E-state index contributed by atoms with van der Waals surface area (Å²) < 4.78 is 29.6. The van der Waals surface area contributed by atoms with E-state index >= 15 is 4.39 Å². The molecule has 0 atom stereocenters. The molecule has 4 heterocycles. The lowest BCUT2D eigenvalue weighted by Crippen LogP contribution is -1.92. The lowest BCUT2D eigenvalue weighted by Gasteiger charge is -2.08. The Kier molecular flexibility index (Phi) is 4.80. The molecule has 4 aromatic rings. The van der Waals surface area contributed by atoms with Gasteiger partial charge in [0.05, 0.1) is 27.5 Å². The molecule has 0 aliphatic rings. The zero-order valence-corrected chi connectivity index (χ0v) is 16.5. The average molecular weight is 444 g/mol. The monoisotopic (exact) mass is 443 g/mol. The number of thiophene rings is 1. The molecule has 0 aromatic carbocycles. The van der Waals surface area contributed by atoms with Crippen LogP contribution in [0.5, 0.6) is 0 Å². The number of hydrogen-bond donors (Lipinski definition) is 0. The molecule has 0 saturated carbocycles. The summed E-state index contributed by atoms with van der Waals surface area (Å²) in [6.07, 6.45) is 4.64. The van der Waals surface area contributed by atoms with Gasteiger partial charge in [0.25, 0.3) is 0 Å². The van der Waals surface area contributed by atoms with Crippen molar-refractivity contribution in [3.05, 3.63) is 76.0 Å². The van der Waals surface area contributed by atoms with Gasteiger partial charge in [-0.1, -0.05) is 15.9 Å². The maximum Gasteiger partial charge on any atom is 0.187 e. The highest BCUT2D eigenvalue weighted by molar-refractivity contribution is 9.10. The third-order valence-corrected chi connectivity index (χ3v) is 5.46. The van der Waals surface area contributed by atoms with Gasteiger partial charge in [-0.25, -0.2) is 4.39 Å². The maximum absolute atomic E-state index is 15.1. The Labute approximate surface area is 166 Å². The Hall–Kier alpha value is -2.51. The molecule has 0 unspecified atom stereocenters. The first-order valence-corrected chi connectivity index (χ1v) is 9.63. The number of aromatic nitrogens is 3. The highest BCUT2D eigenvalue weighted by atomic mass is 79.9. The zero-order valence-electron chi connectivity index (χ0n) is 14.1. The van der Waals surface area contributed by atoms with Crippen molar-refractivity contribution in [3.63, 3.8) is 0 Å². The first kappa shape index (κ1) is 17.9. The second-order valence-electron chi connectivity index (χ2n) is 5.89. The molecule has 4 aromatic heterocycles. The highest BCUT2D eigenvalue weighted by Crippen LogP contribution is 2.46. The minimum absolute atomic E-state index is 0.334. The molecule has 0 radical (unpaired) electrons. The van der Waals surface area contributed by atoms with Gasteiger partial charge in [0.2, 0.25) is 0 Å². The topological polar surface area (TPSA) is 38.7 Å². The van der Waals surface area contributed by atoms with E-state index in [1.807, 2.05) is 19.1 Å². The number of hydrogen-bond acceptors (Lipinski definition) is 4. The Balaban J connectivity index is 2.05. The largest absolute Gasteiger partial charge is 0.256 e. The van der Waals surface area contributed by atoms with E-state index in [2.05, 4.69) is 30.9 Å². The van der Waals surface area contributed by atoms with Crippen LogP contribution < -0.4 is 0 Å². The fourth-order valence-electron chi connectivity index (χ4n) is 2.80. The van der Waals surface area contributed by atoms with Crippen LogP contribution in [-0.2, 0) is 0 Å². The fraction of sp³-hybridized carbons (Fsp3) is 0.0500. The summed E-state index contributed by atoms with van der Waals surface area (Å²) in [5.74, 6) is -0.431. The number of aryl methyl sites for hydroxylation is 1. The van der Waals surface area contributed by atoms with Crippen molar-refractivity contribution >= 4 is 27.3 Å². The molecular weight excluding hydrogens is 432 g/mol. The van der Waals surface area contributed by atoms with Crippen molar-refractivity contribution in [2.24, 2.45) is 0 Å². The van der Waals surface area contributed by atoms with E-state index in [9.17, 15) is 4.39 Å². The van der Waals surface area contributed by atoms with Crippen LogP contribution in [0.3, 0.4) is 0 Å². The minimum Gasteiger partial charge on any atom is -0.256 e. The third kappa shape index (κ3) is 3.52. The van der Waals surface area contributed by atoms with Crippen LogP contribution in [0.2, 0.25) is 0 Å². The van der Waals surface area contributed by atoms with Gasteiger partial charge >= 0.3 is 0 Å². The smallest absolute Gasteiger partial charge is 0.187 e. The zero-order chi connectivity index (χ0) is 19.0. The quantitative estimate of drug-likeness (QED) is 0.373. The van der Waals surface area contributed by atoms with Crippen LogP contribution in [0.1, 0.15) is 5.56 Å². The first-order chi connectivity index (χ1) is 13.0. The summed E-state index contributed by atoms with van der Waals surface area (Å²) in [6, 6.07) is 9.80. The normalized spacial score (nSPS) is 11.0. The Morgan fingerprint density at radius 1 is 0.815 bits per heavy atom. The molecule has 4 rings (SSSR count). The van der Waals surface area contributed by atoms with Crippen molar-refractivity contribution in [1.29, 1.82) is 0 Å². The van der Waals surface area contributed by atoms with E-state index < -0.39 is 10.9 Å². The fourth-order valence-corrected chi connectivity index (χ4v) is 4.15. The van der Waals surface area contributed by atoms with Gasteiger partial charge in [0.1, 0.15) is 5.82 Å². The molecule has 7 heteroatoms. The van der Waals surface area contributed by atoms with Crippen LogP contribution in [0.15, 0.2) is 59.5 Å². The molecule has 0 spiro atoms. The van der Waals surface area contributed by atoms with Gasteiger partial charge in [-0.3, -0.25) is 15.0 Å². The lowest BCUT2D eigenvalue weighted by atomic mass is 10.0. The summed E-state index contributed by atoms with van der Waals surface area (Å²) in [4.78, 5) is 13.5. The van der Waals surface area contributed by atoms with E-state index in [1.54, 1.807) is 24.5 Å². The molecule has 0 amide bonds. The summed E-state index contributed by atoms with van der Waals surface area (Å²) in [5, 5.41) is -0.417. The van der Waals surface area contributed by atoms with Crippen molar-refractivity contribution in [3.8, 4) is 33.1 Å². The predicted molar refractivity (Wildman–Crippen MR) is 106 cm³/mol. The predicted octanol–water partition coefficient (Wildman–Crippen LogP) is 6.28. The molecule has 0 bridgehead atoms. The van der Waals surface area contributed by atoms with E-state index in [0.29, 0.717) is 33.1 Å². The summed E-state index contributed by atoms with van der Waals surface area (Å²) >= 11 is 4.31. The molecule has 0 aliphatic carbocycles. The minimum atomic E-state index is -0.431. The Morgan fingerprint density at radius 3 is 2.19 bits per heavy atom. The van der Waals surface area contributed by atoms with Crippen LogP contribution in [0, 0.1) is 17.9 Å². The van der Waals surface area contributed by atoms with Crippen molar-refractivity contribution in [1.82, 2.24) is 15.0 Å². The lowest BCUT2D eigenvalue weighted by molar-refractivity contribution is 0.626. The Morgan fingerprint density at radius 2 is 1.48 bits per heavy atom. The molecule has 27 heavy (non-hydrogen) atoms. The van der Waals surface area contributed by atoms with Crippen molar-refractivity contribution in [2.45, 2.75) is 6.92 Å². The number of nitrogens with zero attached hydrogens (tertiary/aromatic N) is 3. The van der Waals surface area contributed by atoms with E-state index in [-0.39, 0.29) is 0 Å². The number of pyridine rings is 3. The van der Waals surface area contributed by atoms with Crippen LogP contribution >= 0.6 is 27.3 Å². The van der Waals surface area contributed by atoms with Gasteiger partial charge in [0, 0.05) is 34.7 Å². The molecule has 134 valence electrons. The summed E-state index contributed by atoms with van der Waals surface area (Å²) in [6.45, 7) is 1.94. The van der Waals surface area contributed by atoms with Crippen molar-refractivity contribution < 1.29 is 8.78 Å². The average Bonchev–Trinajstić information content (AvgIpc) is 2.99. The van der Waals surface area contributed by atoms with E-state index in [1.165, 1.54) is 18.3 Å². The van der Waals surface area contributed by atoms with E-state index in [4.69, 9.17) is 0 Å². The van der Waals surface area contributed by atoms with Gasteiger partial charge in [-0.15, -0.1) is 11.3 Å². The van der Waals surface area contributed by atoms with Gasteiger partial charge in [-0.2, -0.15) is 4.39 Å². The molecule has 0 aliphatic heterocycles. The number of halogens is 3. The standard InChI is InChI=1S/C20H12BrF2N3S/c1-11-2-5-24-14(8-11)17-18(15-9-12(21)3-6-25-15)20(23)27-19(17)16-10-13(22)4-7-26-16/h2-10H,1H3. The Bertz CT molecular complexity index is 1140. The van der Waals surface area contributed by atoms with E-state index in [0.717, 1.165) is 21.4 Å². The molecule has 3 nitrogen and oxygen atoms in total. The molecular formula is C20H12BrF2N3S. The summed E-state index contributed by atoms with van der Waals surface area (Å²) in [5.41, 5.74) is 3.30. The summed E-state index contributed by atoms with van der Waals surface area (Å²) in [7, 11) is 0. The van der Waals surface area contributed by atoms with Gasteiger partial charge in [-0.05, 0) is 42.8 Å². The molecule has 0 N–H and O–H groups in total. The SMILES string of the molecule is Cc1ccnc(-c2c(-c3cc(F)ccn3)sc(F)c2-c2cc(Br)ccn2)c1. The second kappa shape index (κ2) is 7.25. The third-order valence-electron chi connectivity index (χ3n) is 3.97.